The van der Waals surface area contributed by atoms with Gasteiger partial charge in [-0.3, -0.25) is 4.79 Å². The van der Waals surface area contributed by atoms with Crippen molar-refractivity contribution < 1.29 is 9.53 Å². The first-order chi connectivity index (χ1) is 17.3. The SMILES string of the molecule is COc1cc(N2CCC(N(C)C)C2)ccc1Nc1ncc(Cl)c(Nc2cccc3c2C(=O)N(C)C3)n1. The zero-order chi connectivity index (χ0) is 25.4. The first kappa shape index (κ1) is 24.1. The smallest absolute Gasteiger partial charge is 0.256 e. The number of likely N-dealkylation sites (N-methyl/N-ethyl adjacent to an activating group) is 1. The quantitative estimate of drug-likeness (QED) is 0.488. The minimum absolute atomic E-state index is 0.0312. The van der Waals surface area contributed by atoms with Crippen molar-refractivity contribution in [2.45, 2.75) is 19.0 Å². The highest BCUT2D eigenvalue weighted by Crippen LogP contribution is 2.35. The monoisotopic (exact) mass is 507 g/mol. The number of carbonyl (C=O) groups excluding carboxylic acids is 1. The molecule has 1 saturated heterocycles. The molecule has 1 unspecified atom stereocenters. The Bertz CT molecular complexity index is 1300. The fraction of sp³-hybridized carbons (Fsp3) is 0.346. The summed E-state index contributed by atoms with van der Waals surface area (Å²) < 4.78 is 5.67. The lowest BCUT2D eigenvalue weighted by atomic mass is 10.1. The van der Waals surface area contributed by atoms with Crippen LogP contribution in [0, 0.1) is 0 Å². The first-order valence-electron chi connectivity index (χ1n) is 11.9. The number of carbonyl (C=O) groups is 1. The van der Waals surface area contributed by atoms with Crippen LogP contribution in [0.4, 0.5) is 28.8 Å². The molecule has 36 heavy (non-hydrogen) atoms. The van der Waals surface area contributed by atoms with E-state index in [0.717, 1.165) is 36.4 Å². The largest absolute Gasteiger partial charge is 0.494 e. The summed E-state index contributed by atoms with van der Waals surface area (Å²) in [5, 5.41) is 6.82. The number of aromatic nitrogens is 2. The van der Waals surface area contributed by atoms with Crippen LogP contribution in [0.25, 0.3) is 0 Å². The van der Waals surface area contributed by atoms with E-state index < -0.39 is 0 Å². The predicted molar refractivity (Wildman–Crippen MR) is 143 cm³/mol. The molecule has 5 rings (SSSR count). The van der Waals surface area contributed by atoms with Crippen LogP contribution in [0.1, 0.15) is 22.3 Å². The second-order valence-electron chi connectivity index (χ2n) is 9.38. The molecule has 3 heterocycles. The number of ether oxygens (including phenoxy) is 1. The third-order valence-electron chi connectivity index (χ3n) is 6.81. The average Bonchev–Trinajstić information content (AvgIpc) is 3.47. The number of nitrogens with zero attached hydrogens (tertiary/aromatic N) is 5. The number of rotatable bonds is 7. The van der Waals surface area contributed by atoms with Crippen molar-refractivity contribution in [2.75, 3.05) is 56.9 Å². The Morgan fingerprint density at radius 3 is 2.75 bits per heavy atom. The minimum Gasteiger partial charge on any atom is -0.494 e. The minimum atomic E-state index is -0.0312. The van der Waals surface area contributed by atoms with E-state index in [9.17, 15) is 4.79 Å². The number of nitrogens with one attached hydrogen (secondary N) is 2. The van der Waals surface area contributed by atoms with Crippen molar-refractivity contribution in [1.82, 2.24) is 19.8 Å². The molecule has 3 aromatic rings. The van der Waals surface area contributed by atoms with Gasteiger partial charge in [0.25, 0.3) is 5.91 Å². The molecule has 188 valence electrons. The van der Waals surface area contributed by atoms with Gasteiger partial charge in [0.05, 0.1) is 30.2 Å². The molecule has 2 aromatic carbocycles. The van der Waals surface area contributed by atoms with Crippen molar-refractivity contribution in [3.8, 4) is 5.75 Å². The summed E-state index contributed by atoms with van der Waals surface area (Å²) in [7, 11) is 7.68. The molecule has 1 aromatic heterocycles. The first-order valence-corrected chi connectivity index (χ1v) is 12.2. The Labute approximate surface area is 216 Å². The lowest BCUT2D eigenvalue weighted by Gasteiger charge is -2.23. The lowest BCUT2D eigenvalue weighted by molar-refractivity contribution is 0.0817. The van der Waals surface area contributed by atoms with Gasteiger partial charge in [-0.25, -0.2) is 4.98 Å². The normalized spacial score (nSPS) is 17.1. The summed E-state index contributed by atoms with van der Waals surface area (Å²) >= 11 is 6.41. The summed E-state index contributed by atoms with van der Waals surface area (Å²) in [6, 6.07) is 12.3. The van der Waals surface area contributed by atoms with E-state index in [1.165, 1.54) is 6.20 Å². The third-order valence-corrected chi connectivity index (χ3v) is 7.08. The number of anilines is 5. The lowest BCUT2D eigenvalue weighted by Crippen LogP contribution is -2.31. The van der Waals surface area contributed by atoms with Crippen LogP contribution in [0.2, 0.25) is 5.02 Å². The van der Waals surface area contributed by atoms with E-state index in [4.69, 9.17) is 16.3 Å². The van der Waals surface area contributed by atoms with Gasteiger partial charge < -0.3 is 30.1 Å². The van der Waals surface area contributed by atoms with Gasteiger partial charge >= 0.3 is 0 Å². The number of benzene rings is 2. The molecule has 0 bridgehead atoms. The summed E-state index contributed by atoms with van der Waals surface area (Å²) in [6.45, 7) is 2.58. The topological polar surface area (TPSA) is 85.9 Å². The fourth-order valence-corrected chi connectivity index (χ4v) is 4.89. The zero-order valence-electron chi connectivity index (χ0n) is 20.9. The van der Waals surface area contributed by atoms with E-state index in [1.807, 2.05) is 30.3 Å². The van der Waals surface area contributed by atoms with Crippen LogP contribution in [-0.4, -0.2) is 73.1 Å². The maximum absolute atomic E-state index is 12.6. The maximum Gasteiger partial charge on any atom is 0.256 e. The zero-order valence-corrected chi connectivity index (χ0v) is 21.6. The summed E-state index contributed by atoms with van der Waals surface area (Å²) in [4.78, 5) is 27.9. The Balaban J connectivity index is 1.36. The summed E-state index contributed by atoms with van der Waals surface area (Å²) in [5.74, 6) is 1.44. The number of methoxy groups -OCH3 is 1. The van der Waals surface area contributed by atoms with E-state index in [-0.39, 0.29) is 5.91 Å². The molecule has 10 heteroatoms. The van der Waals surface area contributed by atoms with E-state index in [1.54, 1.807) is 19.1 Å². The van der Waals surface area contributed by atoms with Crippen molar-refractivity contribution in [1.29, 1.82) is 0 Å². The second-order valence-corrected chi connectivity index (χ2v) is 9.78. The molecule has 2 aliphatic rings. The Morgan fingerprint density at radius 2 is 2.00 bits per heavy atom. The molecule has 0 saturated carbocycles. The number of halogens is 1. The van der Waals surface area contributed by atoms with Gasteiger partial charge in [0.15, 0.2) is 5.82 Å². The summed E-state index contributed by atoms with van der Waals surface area (Å²) in [5.41, 5.74) is 4.14. The Hall–Kier alpha value is -3.56. The van der Waals surface area contributed by atoms with Gasteiger partial charge in [-0.15, -0.1) is 0 Å². The molecule has 9 nitrogen and oxygen atoms in total. The van der Waals surface area contributed by atoms with Gasteiger partial charge in [-0.2, -0.15) is 4.98 Å². The van der Waals surface area contributed by atoms with Crippen LogP contribution in [0.5, 0.6) is 5.75 Å². The molecule has 0 aliphatic carbocycles. The standard InChI is InChI=1S/C26H30ClN7O2/c1-32(2)18-10-11-34(15-18)17-8-9-20(22(12-17)36-4)30-26-28-13-19(27)24(31-26)29-21-7-5-6-16-14-33(3)25(35)23(16)21/h5-9,12-13,18H,10-11,14-15H2,1-4H3,(H2,28,29,30,31). The van der Waals surface area contributed by atoms with Crippen LogP contribution < -0.4 is 20.3 Å². The van der Waals surface area contributed by atoms with Gasteiger partial charge in [-0.05, 0) is 44.3 Å². The van der Waals surface area contributed by atoms with Crippen molar-refractivity contribution >= 4 is 46.3 Å². The van der Waals surface area contributed by atoms with Crippen LogP contribution in [-0.2, 0) is 6.54 Å². The highest BCUT2D eigenvalue weighted by atomic mass is 35.5. The van der Waals surface area contributed by atoms with Crippen molar-refractivity contribution in [2.24, 2.45) is 0 Å². The number of hydrogen-bond acceptors (Lipinski definition) is 8. The number of amides is 1. The van der Waals surface area contributed by atoms with E-state index in [0.29, 0.717) is 46.4 Å². The van der Waals surface area contributed by atoms with E-state index in [2.05, 4.69) is 50.6 Å². The number of hydrogen-bond donors (Lipinski definition) is 2. The molecular formula is C26H30ClN7O2. The molecule has 0 spiro atoms. The molecule has 1 atom stereocenters. The van der Waals surface area contributed by atoms with Crippen LogP contribution in [0.15, 0.2) is 42.6 Å². The summed E-state index contributed by atoms with van der Waals surface area (Å²) in [6.07, 6.45) is 2.67. The molecular weight excluding hydrogens is 478 g/mol. The highest BCUT2D eigenvalue weighted by Gasteiger charge is 2.28. The molecule has 2 aliphatic heterocycles. The van der Waals surface area contributed by atoms with E-state index >= 15 is 0 Å². The maximum atomic E-state index is 12.6. The molecule has 1 fully saturated rings. The predicted octanol–water partition coefficient (Wildman–Crippen LogP) is 4.35. The Kier molecular flexibility index (Phi) is 6.59. The van der Waals surface area contributed by atoms with Gasteiger partial charge in [0.2, 0.25) is 5.95 Å². The van der Waals surface area contributed by atoms with Crippen molar-refractivity contribution in [3.05, 3.63) is 58.7 Å². The molecule has 2 N–H and O–H groups in total. The fourth-order valence-electron chi connectivity index (χ4n) is 4.75. The van der Waals surface area contributed by atoms with Crippen LogP contribution >= 0.6 is 11.6 Å². The molecule has 1 amide bonds. The van der Waals surface area contributed by atoms with Crippen molar-refractivity contribution in [3.63, 3.8) is 0 Å². The van der Waals surface area contributed by atoms with Gasteiger partial charge in [0, 0.05) is 44.5 Å². The van der Waals surface area contributed by atoms with Crippen LogP contribution in [0.3, 0.4) is 0 Å². The average molecular weight is 508 g/mol. The molecule has 0 radical (unpaired) electrons. The second kappa shape index (κ2) is 9.83. The third kappa shape index (κ3) is 4.64. The Morgan fingerprint density at radius 1 is 1.17 bits per heavy atom. The van der Waals surface area contributed by atoms with Gasteiger partial charge in [0.1, 0.15) is 10.8 Å². The van der Waals surface area contributed by atoms with Gasteiger partial charge in [-0.1, -0.05) is 23.7 Å². The highest BCUT2D eigenvalue weighted by molar-refractivity contribution is 6.33. The number of fused-ring (bicyclic) bond motifs is 1.